The van der Waals surface area contributed by atoms with Gasteiger partial charge in [-0.25, -0.2) is 14.3 Å². The Kier molecular flexibility index (Phi) is 5.68. The van der Waals surface area contributed by atoms with Crippen molar-refractivity contribution in [3.8, 4) is 0 Å². The predicted molar refractivity (Wildman–Crippen MR) is 136 cm³/mol. The summed E-state index contributed by atoms with van der Waals surface area (Å²) in [6.45, 7) is 1.78. The number of carboxylic acid groups (broad SMARTS) is 1. The molecular formula is C28H25N5O5. The predicted octanol–water partition coefficient (Wildman–Crippen LogP) is 2.54. The number of aromatic carboxylic acids is 1. The monoisotopic (exact) mass is 511 g/mol. The van der Waals surface area contributed by atoms with Gasteiger partial charge in [0, 0.05) is 18.6 Å². The van der Waals surface area contributed by atoms with Gasteiger partial charge in [0.25, 0.3) is 11.8 Å². The van der Waals surface area contributed by atoms with Crippen molar-refractivity contribution >= 4 is 23.4 Å². The normalized spacial score (nSPS) is 19.7. The van der Waals surface area contributed by atoms with E-state index in [-0.39, 0.29) is 23.0 Å². The molecule has 3 atom stereocenters. The largest absolute Gasteiger partial charge is 0.478 e. The summed E-state index contributed by atoms with van der Waals surface area (Å²) in [7, 11) is 0. The van der Waals surface area contributed by atoms with Gasteiger partial charge in [-0.3, -0.25) is 9.59 Å². The molecule has 38 heavy (non-hydrogen) atoms. The minimum Gasteiger partial charge on any atom is -0.478 e. The lowest BCUT2D eigenvalue weighted by molar-refractivity contribution is 0.0695. The zero-order valence-electron chi connectivity index (χ0n) is 20.5. The zero-order valence-corrected chi connectivity index (χ0v) is 20.5. The van der Waals surface area contributed by atoms with Crippen molar-refractivity contribution in [1.29, 1.82) is 0 Å². The zero-order chi connectivity index (χ0) is 26.6. The van der Waals surface area contributed by atoms with Crippen molar-refractivity contribution in [1.82, 2.24) is 25.2 Å². The molecule has 2 aromatic heterocycles. The van der Waals surface area contributed by atoms with Gasteiger partial charge in [0.2, 0.25) is 0 Å². The van der Waals surface area contributed by atoms with E-state index in [0.29, 0.717) is 30.5 Å². The summed E-state index contributed by atoms with van der Waals surface area (Å²) in [6.07, 6.45) is 2.47. The van der Waals surface area contributed by atoms with Crippen molar-refractivity contribution in [2.75, 3.05) is 0 Å². The van der Waals surface area contributed by atoms with Crippen LogP contribution in [0.3, 0.4) is 0 Å². The van der Waals surface area contributed by atoms with Gasteiger partial charge < -0.3 is 20.8 Å². The first-order valence-electron chi connectivity index (χ1n) is 12.4. The van der Waals surface area contributed by atoms with Crippen LogP contribution in [-0.2, 0) is 12.8 Å². The van der Waals surface area contributed by atoms with Gasteiger partial charge in [-0.1, -0.05) is 30.3 Å². The van der Waals surface area contributed by atoms with E-state index in [9.17, 15) is 24.6 Å². The minimum absolute atomic E-state index is 0.0356. The Morgan fingerprint density at radius 1 is 1.03 bits per heavy atom. The molecule has 0 fully saturated rings. The Morgan fingerprint density at radius 2 is 1.84 bits per heavy atom. The first-order chi connectivity index (χ1) is 18.3. The summed E-state index contributed by atoms with van der Waals surface area (Å²) in [5, 5.41) is 30.1. The molecule has 0 bridgehead atoms. The molecule has 2 amide bonds. The molecule has 0 unspecified atom stereocenters. The van der Waals surface area contributed by atoms with Gasteiger partial charge in [-0.05, 0) is 53.6 Å². The first kappa shape index (κ1) is 23.8. The number of nitrogens with zero attached hydrogens (tertiary/aromatic N) is 3. The third-order valence-corrected chi connectivity index (χ3v) is 7.54. The fourth-order valence-electron chi connectivity index (χ4n) is 5.65. The fraction of sp³-hybridized carbons (Fsp3) is 0.250. The van der Waals surface area contributed by atoms with Crippen molar-refractivity contribution in [2.45, 2.75) is 44.4 Å². The summed E-state index contributed by atoms with van der Waals surface area (Å²) in [5.41, 5.74) is 5.14. The Hall–Kier alpha value is -4.57. The van der Waals surface area contributed by atoms with Gasteiger partial charge in [-0.2, -0.15) is 5.10 Å². The van der Waals surface area contributed by atoms with Gasteiger partial charge in [0.05, 0.1) is 29.9 Å². The number of nitrogens with one attached hydrogen (secondary N) is 2. The molecular weight excluding hydrogens is 486 g/mol. The van der Waals surface area contributed by atoms with Crippen molar-refractivity contribution < 1.29 is 24.6 Å². The van der Waals surface area contributed by atoms with E-state index in [1.807, 2.05) is 24.3 Å². The van der Waals surface area contributed by atoms with Crippen LogP contribution < -0.4 is 10.6 Å². The number of aliphatic hydroxyl groups is 1. The highest BCUT2D eigenvalue weighted by atomic mass is 16.4. The summed E-state index contributed by atoms with van der Waals surface area (Å²) >= 11 is 0. The molecule has 0 saturated carbocycles. The number of aliphatic hydroxyl groups excluding tert-OH is 1. The molecule has 6 rings (SSSR count). The second-order valence-electron chi connectivity index (χ2n) is 9.73. The molecule has 2 aliphatic rings. The van der Waals surface area contributed by atoms with Gasteiger partial charge in [0.1, 0.15) is 11.4 Å². The van der Waals surface area contributed by atoms with E-state index in [1.54, 1.807) is 25.1 Å². The summed E-state index contributed by atoms with van der Waals surface area (Å²) in [4.78, 5) is 42.6. The molecule has 192 valence electrons. The minimum atomic E-state index is -0.977. The summed E-state index contributed by atoms with van der Waals surface area (Å²) < 4.78 is 1.38. The van der Waals surface area contributed by atoms with Crippen LogP contribution in [0, 0.1) is 6.92 Å². The van der Waals surface area contributed by atoms with E-state index in [0.717, 1.165) is 22.3 Å². The lowest BCUT2D eigenvalue weighted by Crippen LogP contribution is -2.35. The van der Waals surface area contributed by atoms with E-state index >= 15 is 0 Å². The van der Waals surface area contributed by atoms with Gasteiger partial charge in [-0.15, -0.1) is 0 Å². The SMILES string of the molecule is Cc1c(C(=O)O)ccc2c1CC[C@@H]2NC(=O)c1cc(C(=O)N[C@@H]2c3ccccc3C[C@@H]2O)nc2ccnn12. The number of hydrogen-bond donors (Lipinski definition) is 4. The Labute approximate surface area is 217 Å². The highest BCUT2D eigenvalue weighted by molar-refractivity contribution is 5.98. The third-order valence-electron chi connectivity index (χ3n) is 7.54. The molecule has 10 nitrogen and oxygen atoms in total. The van der Waals surface area contributed by atoms with Crippen molar-refractivity contribution in [2.24, 2.45) is 0 Å². The standard InChI is InChI=1S/C28H25N5O5/c1-14-16-8-9-20(19(16)7-6-17(14)28(37)38)31-27(36)22-13-21(30-24-10-11-29-33(22)24)26(35)32-25-18-5-3-2-4-15(18)12-23(25)34/h2-7,10-11,13,20,23,25,34H,8-9,12H2,1H3,(H,31,36)(H,32,35)(H,37,38)/t20-,23-,25+/m0/s1. The molecule has 0 saturated heterocycles. The first-order valence-corrected chi connectivity index (χ1v) is 12.4. The molecule has 2 heterocycles. The maximum atomic E-state index is 13.5. The molecule has 0 radical (unpaired) electrons. The van der Waals surface area contributed by atoms with Crippen LogP contribution in [0.5, 0.6) is 0 Å². The van der Waals surface area contributed by atoms with Crippen LogP contribution in [-0.4, -0.2) is 48.7 Å². The number of amides is 2. The number of fused-ring (bicyclic) bond motifs is 3. The highest BCUT2D eigenvalue weighted by Gasteiger charge is 2.33. The average Bonchev–Trinajstić information content (AvgIpc) is 3.61. The lowest BCUT2D eigenvalue weighted by atomic mass is 9.98. The van der Waals surface area contributed by atoms with Gasteiger partial charge >= 0.3 is 5.97 Å². The molecule has 2 aromatic carbocycles. The molecule has 2 aliphatic carbocycles. The van der Waals surface area contributed by atoms with Crippen molar-refractivity contribution in [3.05, 3.63) is 99.5 Å². The van der Waals surface area contributed by atoms with Crippen LogP contribution in [0.2, 0.25) is 0 Å². The Balaban J connectivity index is 1.27. The average molecular weight is 512 g/mol. The number of benzene rings is 2. The number of carbonyl (C=O) groups excluding carboxylic acids is 2. The molecule has 10 heteroatoms. The summed E-state index contributed by atoms with van der Waals surface area (Å²) in [5.74, 6) is -1.92. The molecule has 4 aromatic rings. The maximum absolute atomic E-state index is 13.5. The van der Waals surface area contributed by atoms with E-state index in [2.05, 4.69) is 20.7 Å². The number of rotatable bonds is 5. The molecule has 4 N–H and O–H groups in total. The van der Waals surface area contributed by atoms with Crippen LogP contribution in [0.4, 0.5) is 0 Å². The number of aromatic nitrogens is 3. The van der Waals surface area contributed by atoms with E-state index < -0.39 is 29.9 Å². The van der Waals surface area contributed by atoms with Gasteiger partial charge in [0.15, 0.2) is 5.65 Å². The molecule has 0 spiro atoms. The summed E-state index contributed by atoms with van der Waals surface area (Å²) in [6, 6.07) is 13.0. The Bertz CT molecular complexity index is 1630. The van der Waals surface area contributed by atoms with E-state index in [4.69, 9.17) is 0 Å². The highest BCUT2D eigenvalue weighted by Crippen LogP contribution is 2.35. The fourth-order valence-corrected chi connectivity index (χ4v) is 5.65. The smallest absolute Gasteiger partial charge is 0.335 e. The van der Waals surface area contributed by atoms with Crippen LogP contribution in [0.1, 0.15) is 77.7 Å². The third kappa shape index (κ3) is 3.90. The maximum Gasteiger partial charge on any atom is 0.335 e. The molecule has 0 aliphatic heterocycles. The topological polar surface area (TPSA) is 146 Å². The number of hydrogen-bond acceptors (Lipinski definition) is 6. The second-order valence-corrected chi connectivity index (χ2v) is 9.73. The van der Waals surface area contributed by atoms with Crippen molar-refractivity contribution in [3.63, 3.8) is 0 Å². The quantitative estimate of drug-likeness (QED) is 0.322. The van der Waals surface area contributed by atoms with Crippen LogP contribution in [0.15, 0.2) is 54.7 Å². The Morgan fingerprint density at radius 3 is 2.66 bits per heavy atom. The van der Waals surface area contributed by atoms with E-state index in [1.165, 1.54) is 16.8 Å². The van der Waals surface area contributed by atoms with Crippen LogP contribution >= 0.6 is 0 Å². The second kappa shape index (κ2) is 9.07. The number of carbonyl (C=O) groups is 3. The lowest BCUT2D eigenvalue weighted by Gasteiger charge is -2.18. The number of carboxylic acids is 1. The van der Waals surface area contributed by atoms with Crippen LogP contribution in [0.25, 0.3) is 5.65 Å².